The minimum Gasteiger partial charge on any atom is -0.399 e. The topological polar surface area (TPSA) is 26.0 Å². The summed E-state index contributed by atoms with van der Waals surface area (Å²) in [6.45, 7) is 1.78. The first kappa shape index (κ1) is 11.7. The molecule has 0 aliphatic heterocycles. The summed E-state index contributed by atoms with van der Waals surface area (Å²) in [6.07, 6.45) is 0. The number of rotatable bonds is 1. The lowest BCUT2D eigenvalue weighted by molar-refractivity contribution is 0.622. The van der Waals surface area contributed by atoms with Gasteiger partial charge in [0, 0.05) is 11.3 Å². The van der Waals surface area contributed by atoms with Crippen molar-refractivity contribution in [2.45, 2.75) is 6.92 Å². The van der Waals surface area contributed by atoms with Crippen molar-refractivity contribution in [2.75, 3.05) is 5.73 Å². The zero-order valence-electron chi connectivity index (χ0n) is 10.7. The highest BCUT2D eigenvalue weighted by Crippen LogP contribution is 2.28. The van der Waals surface area contributed by atoms with Crippen LogP contribution in [0.5, 0.6) is 0 Å². The van der Waals surface area contributed by atoms with E-state index < -0.39 is 0 Å². The van der Waals surface area contributed by atoms with Gasteiger partial charge in [-0.05, 0) is 47.0 Å². The number of benzene rings is 3. The van der Waals surface area contributed by atoms with Gasteiger partial charge in [0.25, 0.3) is 0 Å². The summed E-state index contributed by atoms with van der Waals surface area (Å²) in [5.74, 6) is -0.155. The molecule has 0 fully saturated rings. The molecular formula is C17H14FN. The molecule has 0 bridgehead atoms. The van der Waals surface area contributed by atoms with E-state index in [0.29, 0.717) is 11.1 Å². The Morgan fingerprint density at radius 3 is 2.47 bits per heavy atom. The highest BCUT2D eigenvalue weighted by atomic mass is 19.1. The van der Waals surface area contributed by atoms with Gasteiger partial charge in [0.2, 0.25) is 0 Å². The first-order valence-corrected chi connectivity index (χ1v) is 6.20. The molecule has 94 valence electrons. The molecule has 0 radical (unpaired) electrons. The van der Waals surface area contributed by atoms with Crippen LogP contribution in [0.25, 0.3) is 21.9 Å². The van der Waals surface area contributed by atoms with E-state index in [1.54, 1.807) is 19.1 Å². The van der Waals surface area contributed by atoms with Crippen molar-refractivity contribution in [3.63, 3.8) is 0 Å². The van der Waals surface area contributed by atoms with E-state index in [1.165, 1.54) is 0 Å². The van der Waals surface area contributed by atoms with Crippen LogP contribution in [0.2, 0.25) is 0 Å². The molecule has 2 N–H and O–H groups in total. The lowest BCUT2D eigenvalue weighted by Crippen LogP contribution is -1.89. The van der Waals surface area contributed by atoms with Crippen LogP contribution in [-0.2, 0) is 0 Å². The molecule has 0 aromatic heterocycles. The van der Waals surface area contributed by atoms with E-state index in [0.717, 1.165) is 22.0 Å². The van der Waals surface area contributed by atoms with E-state index >= 15 is 0 Å². The van der Waals surface area contributed by atoms with Crippen molar-refractivity contribution in [2.24, 2.45) is 0 Å². The first-order valence-electron chi connectivity index (χ1n) is 6.20. The van der Waals surface area contributed by atoms with Gasteiger partial charge in [-0.1, -0.05) is 36.4 Å². The van der Waals surface area contributed by atoms with Gasteiger partial charge in [0.05, 0.1) is 0 Å². The van der Waals surface area contributed by atoms with Gasteiger partial charge in [-0.3, -0.25) is 0 Å². The highest BCUT2D eigenvalue weighted by Gasteiger charge is 2.07. The van der Waals surface area contributed by atoms with Crippen molar-refractivity contribution < 1.29 is 4.39 Å². The van der Waals surface area contributed by atoms with Crippen LogP contribution in [0.4, 0.5) is 10.1 Å². The predicted molar refractivity (Wildman–Crippen MR) is 78.5 cm³/mol. The van der Waals surface area contributed by atoms with Gasteiger partial charge < -0.3 is 5.73 Å². The standard InChI is InChI=1S/C17H14FN/c1-11-3-2-4-16(17(11)18)14-6-5-13-10-15(19)8-7-12(13)9-14/h2-10H,19H2,1H3. The second-order valence-electron chi connectivity index (χ2n) is 4.76. The van der Waals surface area contributed by atoms with Crippen LogP contribution in [-0.4, -0.2) is 0 Å². The van der Waals surface area contributed by atoms with Crippen LogP contribution in [0, 0.1) is 12.7 Å². The number of anilines is 1. The Hall–Kier alpha value is -2.35. The van der Waals surface area contributed by atoms with Crippen LogP contribution >= 0.6 is 0 Å². The Labute approximate surface area is 111 Å². The summed E-state index contributed by atoms with van der Waals surface area (Å²) >= 11 is 0. The second kappa shape index (κ2) is 4.39. The predicted octanol–water partition coefficient (Wildman–Crippen LogP) is 4.54. The summed E-state index contributed by atoms with van der Waals surface area (Å²) in [7, 11) is 0. The second-order valence-corrected chi connectivity index (χ2v) is 4.76. The summed E-state index contributed by atoms with van der Waals surface area (Å²) in [5, 5.41) is 2.13. The number of nitrogens with two attached hydrogens (primary N) is 1. The SMILES string of the molecule is Cc1cccc(-c2ccc3cc(N)ccc3c2)c1F. The van der Waals surface area contributed by atoms with E-state index in [-0.39, 0.29) is 5.82 Å². The van der Waals surface area contributed by atoms with E-state index in [1.807, 2.05) is 42.5 Å². The Kier molecular flexibility index (Phi) is 2.71. The molecule has 0 saturated heterocycles. The Bertz CT molecular complexity index is 762. The van der Waals surface area contributed by atoms with Crippen molar-refractivity contribution in [3.8, 4) is 11.1 Å². The maximum Gasteiger partial charge on any atom is 0.133 e. The highest BCUT2D eigenvalue weighted by molar-refractivity contribution is 5.89. The normalized spacial score (nSPS) is 10.8. The number of aryl methyl sites for hydroxylation is 1. The van der Waals surface area contributed by atoms with Crippen LogP contribution in [0.1, 0.15) is 5.56 Å². The Balaban J connectivity index is 2.20. The Morgan fingerprint density at radius 1 is 0.895 bits per heavy atom. The largest absolute Gasteiger partial charge is 0.399 e. The molecule has 0 spiro atoms. The quantitative estimate of drug-likeness (QED) is 0.631. The van der Waals surface area contributed by atoms with Gasteiger partial charge in [-0.25, -0.2) is 4.39 Å². The first-order chi connectivity index (χ1) is 9.15. The molecule has 19 heavy (non-hydrogen) atoms. The van der Waals surface area contributed by atoms with Crippen LogP contribution in [0.15, 0.2) is 54.6 Å². The van der Waals surface area contributed by atoms with Gasteiger partial charge in [0.1, 0.15) is 5.82 Å². The molecule has 0 aliphatic rings. The number of hydrogen-bond acceptors (Lipinski definition) is 1. The van der Waals surface area contributed by atoms with Crippen molar-refractivity contribution in [1.82, 2.24) is 0 Å². The van der Waals surface area contributed by atoms with E-state index in [4.69, 9.17) is 5.73 Å². The van der Waals surface area contributed by atoms with Crippen LogP contribution < -0.4 is 5.73 Å². The number of nitrogen functional groups attached to an aromatic ring is 1. The van der Waals surface area contributed by atoms with E-state index in [9.17, 15) is 4.39 Å². The molecule has 0 aliphatic carbocycles. The molecule has 3 aromatic carbocycles. The monoisotopic (exact) mass is 251 g/mol. The van der Waals surface area contributed by atoms with E-state index in [2.05, 4.69) is 0 Å². The minimum atomic E-state index is -0.155. The fourth-order valence-corrected chi connectivity index (χ4v) is 2.30. The molecule has 0 amide bonds. The third-order valence-electron chi connectivity index (χ3n) is 3.37. The lowest BCUT2D eigenvalue weighted by Gasteiger charge is -2.07. The average molecular weight is 251 g/mol. The molecule has 0 saturated carbocycles. The molecule has 0 atom stereocenters. The molecular weight excluding hydrogens is 237 g/mol. The maximum absolute atomic E-state index is 14.1. The summed E-state index contributed by atoms with van der Waals surface area (Å²) in [5.41, 5.74) is 8.68. The molecule has 0 heterocycles. The molecule has 3 rings (SSSR count). The lowest BCUT2D eigenvalue weighted by atomic mass is 9.99. The van der Waals surface area contributed by atoms with Gasteiger partial charge in [-0.2, -0.15) is 0 Å². The number of hydrogen-bond donors (Lipinski definition) is 1. The molecule has 0 unspecified atom stereocenters. The van der Waals surface area contributed by atoms with Crippen LogP contribution in [0.3, 0.4) is 0 Å². The number of halogens is 1. The van der Waals surface area contributed by atoms with Gasteiger partial charge in [-0.15, -0.1) is 0 Å². The zero-order valence-corrected chi connectivity index (χ0v) is 10.7. The zero-order chi connectivity index (χ0) is 13.4. The smallest absolute Gasteiger partial charge is 0.133 e. The number of fused-ring (bicyclic) bond motifs is 1. The van der Waals surface area contributed by atoms with Crippen molar-refractivity contribution >= 4 is 16.5 Å². The maximum atomic E-state index is 14.1. The fourth-order valence-electron chi connectivity index (χ4n) is 2.30. The van der Waals surface area contributed by atoms with Crippen molar-refractivity contribution in [1.29, 1.82) is 0 Å². The third-order valence-corrected chi connectivity index (χ3v) is 3.37. The summed E-state index contributed by atoms with van der Waals surface area (Å²) in [4.78, 5) is 0. The summed E-state index contributed by atoms with van der Waals surface area (Å²) < 4.78 is 14.1. The Morgan fingerprint density at radius 2 is 1.63 bits per heavy atom. The summed E-state index contributed by atoms with van der Waals surface area (Å²) in [6, 6.07) is 17.1. The average Bonchev–Trinajstić information content (AvgIpc) is 2.41. The molecule has 3 aromatic rings. The molecule has 2 heteroatoms. The minimum absolute atomic E-state index is 0.155. The third kappa shape index (κ3) is 2.06. The van der Waals surface area contributed by atoms with Crippen molar-refractivity contribution in [3.05, 3.63) is 66.0 Å². The molecule has 1 nitrogen and oxygen atoms in total. The van der Waals surface area contributed by atoms with Gasteiger partial charge >= 0.3 is 0 Å². The van der Waals surface area contributed by atoms with Gasteiger partial charge in [0.15, 0.2) is 0 Å². The fraction of sp³-hybridized carbons (Fsp3) is 0.0588.